The third-order valence-electron chi connectivity index (χ3n) is 4.63. The third kappa shape index (κ3) is 3.59. The van der Waals surface area contributed by atoms with Crippen molar-refractivity contribution in [3.05, 3.63) is 28.1 Å². The molecule has 8 heteroatoms. The molecule has 0 N–H and O–H groups in total. The Hall–Kier alpha value is -1.93. The lowest BCUT2D eigenvalue weighted by molar-refractivity contribution is -0.386. The van der Waals surface area contributed by atoms with Gasteiger partial charge in [-0.1, -0.05) is 0 Å². The van der Waals surface area contributed by atoms with Gasteiger partial charge in [-0.25, -0.2) is 0 Å². The number of nitro groups is 1. The second-order valence-corrected chi connectivity index (χ2v) is 6.16. The summed E-state index contributed by atoms with van der Waals surface area (Å²) < 4.78 is 24.8. The van der Waals surface area contributed by atoms with Gasteiger partial charge in [0.2, 0.25) is 5.82 Å². The molecule has 1 atom stereocenters. The van der Waals surface area contributed by atoms with Crippen LogP contribution in [-0.2, 0) is 4.74 Å². The summed E-state index contributed by atoms with van der Waals surface area (Å²) in [5.74, 6) is -0.578. The van der Waals surface area contributed by atoms with Crippen molar-refractivity contribution in [3.8, 4) is 5.75 Å². The Kier molecular flexibility index (Phi) is 5.15. The van der Waals surface area contributed by atoms with E-state index in [2.05, 4.69) is 4.90 Å². The molecule has 0 spiro atoms. The Morgan fingerprint density at radius 2 is 2.12 bits per heavy atom. The first-order chi connectivity index (χ1) is 11.6. The fraction of sp³-hybridized carbons (Fsp3) is 0.625. The molecule has 2 aliphatic heterocycles. The van der Waals surface area contributed by atoms with Crippen molar-refractivity contribution in [2.75, 3.05) is 51.3 Å². The Balaban J connectivity index is 1.71. The lowest BCUT2D eigenvalue weighted by Gasteiger charge is -2.36. The quantitative estimate of drug-likeness (QED) is 0.604. The van der Waals surface area contributed by atoms with Crippen molar-refractivity contribution >= 4 is 11.4 Å². The van der Waals surface area contributed by atoms with Crippen LogP contribution in [0, 0.1) is 15.9 Å². The first kappa shape index (κ1) is 16.9. The number of benzene rings is 1. The highest BCUT2D eigenvalue weighted by atomic mass is 19.1. The number of piperazine rings is 1. The maximum Gasteiger partial charge on any atom is 0.328 e. The van der Waals surface area contributed by atoms with E-state index in [4.69, 9.17) is 9.47 Å². The maximum absolute atomic E-state index is 14.1. The fourth-order valence-electron chi connectivity index (χ4n) is 3.35. The van der Waals surface area contributed by atoms with E-state index in [1.165, 1.54) is 13.2 Å². The zero-order chi connectivity index (χ0) is 17.1. The Morgan fingerprint density at radius 1 is 1.38 bits per heavy atom. The molecule has 1 aromatic carbocycles. The molecule has 2 fully saturated rings. The van der Waals surface area contributed by atoms with Crippen LogP contribution in [0.15, 0.2) is 12.1 Å². The Bertz CT molecular complexity index is 599. The molecule has 2 aliphatic rings. The number of hydrogen-bond donors (Lipinski definition) is 0. The molecule has 0 amide bonds. The molecule has 7 nitrogen and oxygen atoms in total. The minimum atomic E-state index is -0.865. The number of nitro benzene ring substituents is 1. The normalized spacial score (nSPS) is 21.9. The highest BCUT2D eigenvalue weighted by Gasteiger charge is 2.29. The van der Waals surface area contributed by atoms with E-state index in [1.54, 1.807) is 0 Å². The van der Waals surface area contributed by atoms with Gasteiger partial charge < -0.3 is 14.4 Å². The van der Waals surface area contributed by atoms with Gasteiger partial charge in [0, 0.05) is 51.5 Å². The summed E-state index contributed by atoms with van der Waals surface area (Å²) in [5.41, 5.74) is -0.197. The average Bonchev–Trinajstić information content (AvgIpc) is 3.07. The molecule has 0 saturated carbocycles. The van der Waals surface area contributed by atoms with Gasteiger partial charge in [0.1, 0.15) is 11.4 Å². The standard InChI is InChI=1S/C16H22FN3O4/c1-23-13-9-14(17)16(20(21)22)15(10-13)19-6-4-18(5-7-19)11-12-3-2-8-24-12/h9-10,12H,2-8,11H2,1H3/t12-/m1/s1. The van der Waals surface area contributed by atoms with Crippen LogP contribution >= 0.6 is 0 Å². The van der Waals surface area contributed by atoms with Crippen LogP contribution < -0.4 is 9.64 Å². The van der Waals surface area contributed by atoms with Crippen LogP contribution in [0.4, 0.5) is 15.8 Å². The lowest BCUT2D eigenvalue weighted by Crippen LogP contribution is -2.48. The minimum Gasteiger partial charge on any atom is -0.497 e. The van der Waals surface area contributed by atoms with Gasteiger partial charge in [-0.05, 0) is 12.8 Å². The van der Waals surface area contributed by atoms with Crippen LogP contribution in [0.2, 0.25) is 0 Å². The Morgan fingerprint density at radius 3 is 2.71 bits per heavy atom. The number of anilines is 1. The van der Waals surface area contributed by atoms with E-state index < -0.39 is 16.4 Å². The number of methoxy groups -OCH3 is 1. The van der Waals surface area contributed by atoms with Crippen molar-refractivity contribution in [1.29, 1.82) is 0 Å². The van der Waals surface area contributed by atoms with Gasteiger partial charge in [0.25, 0.3) is 0 Å². The van der Waals surface area contributed by atoms with Gasteiger partial charge in [-0.2, -0.15) is 4.39 Å². The van der Waals surface area contributed by atoms with Gasteiger partial charge in [-0.3, -0.25) is 15.0 Å². The van der Waals surface area contributed by atoms with E-state index >= 15 is 0 Å². The molecular formula is C16H22FN3O4. The summed E-state index contributed by atoms with van der Waals surface area (Å²) in [6.07, 6.45) is 2.49. The van der Waals surface area contributed by atoms with E-state index in [9.17, 15) is 14.5 Å². The zero-order valence-electron chi connectivity index (χ0n) is 13.7. The van der Waals surface area contributed by atoms with Crippen molar-refractivity contribution < 1.29 is 18.8 Å². The summed E-state index contributed by atoms with van der Waals surface area (Å²) in [4.78, 5) is 14.7. The fourth-order valence-corrected chi connectivity index (χ4v) is 3.35. The second kappa shape index (κ2) is 7.31. The number of nitrogens with zero attached hydrogens (tertiary/aromatic N) is 3. The topological polar surface area (TPSA) is 68.1 Å². The SMILES string of the molecule is COc1cc(F)c([N+](=O)[O-])c(N2CCN(C[C@H]3CCCO3)CC2)c1. The van der Waals surface area contributed by atoms with Crippen molar-refractivity contribution in [2.45, 2.75) is 18.9 Å². The smallest absolute Gasteiger partial charge is 0.328 e. The molecule has 2 heterocycles. The molecule has 0 unspecified atom stereocenters. The van der Waals surface area contributed by atoms with Crippen LogP contribution in [0.5, 0.6) is 5.75 Å². The molecule has 3 rings (SSSR count). The van der Waals surface area contributed by atoms with Gasteiger partial charge in [0.15, 0.2) is 0 Å². The van der Waals surface area contributed by atoms with Crippen molar-refractivity contribution in [1.82, 2.24) is 4.90 Å². The van der Waals surface area contributed by atoms with Crippen LogP contribution in [0.1, 0.15) is 12.8 Å². The molecule has 0 bridgehead atoms. The predicted octanol–water partition coefficient (Wildman–Crippen LogP) is 2.04. The van der Waals surface area contributed by atoms with Crippen LogP contribution in [0.3, 0.4) is 0 Å². The number of hydrogen-bond acceptors (Lipinski definition) is 6. The highest BCUT2D eigenvalue weighted by Crippen LogP contribution is 2.35. The molecule has 0 aliphatic carbocycles. The van der Waals surface area contributed by atoms with Crippen LogP contribution in [-0.4, -0.2) is 62.4 Å². The largest absolute Gasteiger partial charge is 0.497 e. The highest BCUT2D eigenvalue weighted by molar-refractivity contribution is 5.66. The van der Waals surface area contributed by atoms with E-state index in [0.29, 0.717) is 19.2 Å². The predicted molar refractivity (Wildman–Crippen MR) is 87.2 cm³/mol. The van der Waals surface area contributed by atoms with E-state index in [1.807, 2.05) is 4.90 Å². The molecule has 24 heavy (non-hydrogen) atoms. The number of rotatable bonds is 5. The summed E-state index contributed by atoms with van der Waals surface area (Å²) in [6, 6.07) is 2.59. The molecule has 2 saturated heterocycles. The van der Waals surface area contributed by atoms with Gasteiger partial charge in [0.05, 0.1) is 18.1 Å². The van der Waals surface area contributed by atoms with E-state index in [-0.39, 0.29) is 11.4 Å². The summed E-state index contributed by atoms with van der Waals surface area (Å²) in [6.45, 7) is 4.49. The first-order valence-electron chi connectivity index (χ1n) is 8.19. The molecule has 0 radical (unpaired) electrons. The second-order valence-electron chi connectivity index (χ2n) is 6.16. The Labute approximate surface area is 140 Å². The van der Waals surface area contributed by atoms with Gasteiger partial charge >= 0.3 is 5.69 Å². The molecule has 132 valence electrons. The van der Waals surface area contributed by atoms with Crippen LogP contribution in [0.25, 0.3) is 0 Å². The average molecular weight is 339 g/mol. The number of ether oxygens (including phenoxy) is 2. The zero-order valence-corrected chi connectivity index (χ0v) is 13.7. The lowest BCUT2D eigenvalue weighted by atomic mass is 10.1. The minimum absolute atomic E-state index is 0.286. The summed E-state index contributed by atoms with van der Waals surface area (Å²) >= 11 is 0. The summed E-state index contributed by atoms with van der Waals surface area (Å²) in [7, 11) is 1.42. The monoisotopic (exact) mass is 339 g/mol. The van der Waals surface area contributed by atoms with Gasteiger partial charge in [-0.15, -0.1) is 0 Å². The molecule has 0 aromatic heterocycles. The molecular weight excluding hydrogens is 317 g/mol. The number of halogens is 1. The first-order valence-corrected chi connectivity index (χ1v) is 8.19. The maximum atomic E-state index is 14.1. The summed E-state index contributed by atoms with van der Waals surface area (Å²) in [5, 5.41) is 11.3. The molecule has 1 aromatic rings. The van der Waals surface area contributed by atoms with E-state index in [0.717, 1.165) is 45.1 Å². The third-order valence-corrected chi connectivity index (χ3v) is 4.63. The van der Waals surface area contributed by atoms with Crippen molar-refractivity contribution in [2.24, 2.45) is 0 Å². The van der Waals surface area contributed by atoms with Crippen molar-refractivity contribution in [3.63, 3.8) is 0 Å².